The summed E-state index contributed by atoms with van der Waals surface area (Å²) < 4.78 is 6.28. The minimum Gasteiger partial charge on any atom is -0.496 e. The Bertz CT molecular complexity index is 368. The Balaban J connectivity index is 2.52. The smallest absolute Gasteiger partial charge is 0.137 e. The zero-order valence-corrected chi connectivity index (χ0v) is 9.56. The van der Waals surface area contributed by atoms with E-state index in [1.54, 1.807) is 7.11 Å². The molecule has 0 atom stereocenters. The van der Waals surface area contributed by atoms with Gasteiger partial charge in [-0.3, -0.25) is 4.79 Å². The van der Waals surface area contributed by atoms with Gasteiger partial charge in [0.2, 0.25) is 0 Å². The van der Waals surface area contributed by atoms with E-state index in [2.05, 4.69) is 22.0 Å². The van der Waals surface area contributed by atoms with Crippen molar-refractivity contribution < 1.29 is 9.53 Å². The molecule has 0 amide bonds. The van der Waals surface area contributed by atoms with Gasteiger partial charge < -0.3 is 4.74 Å². The maximum absolute atomic E-state index is 11.3. The summed E-state index contributed by atoms with van der Waals surface area (Å²) in [5, 5.41) is 0. The van der Waals surface area contributed by atoms with Gasteiger partial charge in [0.05, 0.1) is 7.11 Å². The van der Waals surface area contributed by atoms with Gasteiger partial charge in [0.15, 0.2) is 0 Å². The fourth-order valence-electron chi connectivity index (χ4n) is 1.83. The van der Waals surface area contributed by atoms with E-state index in [1.165, 1.54) is 5.56 Å². The Hall–Kier alpha value is -0.830. The summed E-state index contributed by atoms with van der Waals surface area (Å²) in [6, 6.07) is 3.99. The van der Waals surface area contributed by atoms with Crippen LogP contribution in [0.15, 0.2) is 16.6 Å². The summed E-state index contributed by atoms with van der Waals surface area (Å²) in [6.07, 6.45) is 2.02. The molecular formula is C11H11BrO2. The number of halogens is 1. The SMILES string of the molecule is COc1cc(Br)cc2c1CC(=O)CC2. The van der Waals surface area contributed by atoms with Gasteiger partial charge in [0, 0.05) is 22.9 Å². The number of methoxy groups -OCH3 is 1. The molecule has 0 saturated heterocycles. The van der Waals surface area contributed by atoms with E-state index in [1.807, 2.05) is 6.07 Å². The lowest BCUT2D eigenvalue weighted by atomic mass is 9.90. The molecule has 74 valence electrons. The first kappa shape index (κ1) is 9.71. The van der Waals surface area contributed by atoms with Gasteiger partial charge >= 0.3 is 0 Å². The molecule has 0 unspecified atom stereocenters. The van der Waals surface area contributed by atoms with E-state index >= 15 is 0 Å². The number of aryl methyl sites for hydroxylation is 1. The third kappa shape index (κ3) is 1.69. The molecule has 1 aromatic carbocycles. The number of ketones is 1. The normalized spacial score (nSPS) is 15.1. The zero-order chi connectivity index (χ0) is 10.1. The van der Waals surface area contributed by atoms with Crippen LogP contribution in [0.2, 0.25) is 0 Å². The monoisotopic (exact) mass is 254 g/mol. The van der Waals surface area contributed by atoms with E-state index < -0.39 is 0 Å². The number of carbonyl (C=O) groups excluding carboxylic acids is 1. The first-order chi connectivity index (χ1) is 6.70. The molecular weight excluding hydrogens is 244 g/mol. The molecule has 0 aromatic heterocycles. The van der Waals surface area contributed by atoms with E-state index in [-0.39, 0.29) is 0 Å². The van der Waals surface area contributed by atoms with E-state index in [4.69, 9.17) is 4.74 Å². The molecule has 0 saturated carbocycles. The Morgan fingerprint density at radius 1 is 1.36 bits per heavy atom. The van der Waals surface area contributed by atoms with Crippen molar-refractivity contribution in [2.45, 2.75) is 19.3 Å². The number of carbonyl (C=O) groups is 1. The lowest BCUT2D eigenvalue weighted by Gasteiger charge is -2.18. The van der Waals surface area contributed by atoms with Crippen LogP contribution in [0.25, 0.3) is 0 Å². The number of ether oxygens (including phenoxy) is 1. The van der Waals surface area contributed by atoms with Crippen LogP contribution in [0.5, 0.6) is 5.75 Å². The van der Waals surface area contributed by atoms with Crippen LogP contribution in [0.4, 0.5) is 0 Å². The number of fused-ring (bicyclic) bond motifs is 1. The highest BCUT2D eigenvalue weighted by Crippen LogP contribution is 2.31. The Morgan fingerprint density at radius 2 is 2.14 bits per heavy atom. The molecule has 0 radical (unpaired) electrons. The molecule has 1 aromatic rings. The highest BCUT2D eigenvalue weighted by molar-refractivity contribution is 9.10. The van der Waals surface area contributed by atoms with Crippen LogP contribution in [0, 0.1) is 0 Å². The molecule has 1 aliphatic carbocycles. The second kappa shape index (κ2) is 3.73. The van der Waals surface area contributed by atoms with Gasteiger partial charge in [-0.2, -0.15) is 0 Å². The number of Topliss-reactive ketones (excluding diaryl/α,β-unsaturated/α-hetero) is 1. The molecule has 2 rings (SSSR count). The van der Waals surface area contributed by atoms with Crippen LogP contribution in [-0.4, -0.2) is 12.9 Å². The van der Waals surface area contributed by atoms with Gasteiger partial charge in [-0.25, -0.2) is 0 Å². The van der Waals surface area contributed by atoms with Crippen LogP contribution < -0.4 is 4.74 Å². The fourth-order valence-corrected chi connectivity index (χ4v) is 2.32. The molecule has 0 N–H and O–H groups in total. The van der Waals surface area contributed by atoms with Gasteiger partial charge in [-0.1, -0.05) is 15.9 Å². The summed E-state index contributed by atoms with van der Waals surface area (Å²) in [5.41, 5.74) is 2.29. The Labute approximate surface area is 91.4 Å². The summed E-state index contributed by atoms with van der Waals surface area (Å²) in [6.45, 7) is 0. The average Bonchev–Trinajstić information content (AvgIpc) is 2.17. The summed E-state index contributed by atoms with van der Waals surface area (Å²) in [5.74, 6) is 1.13. The first-order valence-corrected chi connectivity index (χ1v) is 5.37. The molecule has 1 aliphatic rings. The highest BCUT2D eigenvalue weighted by Gasteiger charge is 2.19. The Kier molecular flexibility index (Phi) is 2.59. The average molecular weight is 255 g/mol. The number of rotatable bonds is 1. The number of hydrogen-bond acceptors (Lipinski definition) is 2. The summed E-state index contributed by atoms with van der Waals surface area (Å²) >= 11 is 3.43. The first-order valence-electron chi connectivity index (χ1n) is 4.57. The lowest BCUT2D eigenvalue weighted by Crippen LogP contribution is -2.14. The third-order valence-electron chi connectivity index (χ3n) is 2.53. The van der Waals surface area contributed by atoms with E-state index in [9.17, 15) is 4.79 Å². The van der Waals surface area contributed by atoms with Crippen LogP contribution in [0.1, 0.15) is 17.5 Å². The number of hydrogen-bond donors (Lipinski definition) is 0. The predicted molar refractivity (Wildman–Crippen MR) is 57.7 cm³/mol. The van der Waals surface area contributed by atoms with Crippen molar-refractivity contribution >= 4 is 21.7 Å². The van der Waals surface area contributed by atoms with Crippen LogP contribution >= 0.6 is 15.9 Å². The zero-order valence-electron chi connectivity index (χ0n) is 7.97. The molecule has 0 fully saturated rings. The van der Waals surface area contributed by atoms with Crippen molar-refractivity contribution in [3.8, 4) is 5.75 Å². The van der Waals surface area contributed by atoms with Crippen LogP contribution in [-0.2, 0) is 17.6 Å². The summed E-state index contributed by atoms with van der Waals surface area (Å²) in [4.78, 5) is 11.3. The maximum atomic E-state index is 11.3. The van der Waals surface area contributed by atoms with Crippen molar-refractivity contribution in [3.05, 3.63) is 27.7 Å². The molecule has 0 aliphatic heterocycles. The second-order valence-corrected chi connectivity index (χ2v) is 4.38. The lowest BCUT2D eigenvalue weighted by molar-refractivity contribution is -0.118. The quantitative estimate of drug-likeness (QED) is 0.770. The predicted octanol–water partition coefficient (Wildman–Crippen LogP) is 2.52. The topological polar surface area (TPSA) is 26.3 Å². The van der Waals surface area contributed by atoms with E-state index in [0.29, 0.717) is 18.6 Å². The van der Waals surface area contributed by atoms with Gasteiger partial charge in [0.1, 0.15) is 11.5 Å². The molecule has 0 spiro atoms. The molecule has 3 heteroatoms. The maximum Gasteiger partial charge on any atom is 0.137 e. The number of benzene rings is 1. The summed E-state index contributed by atoms with van der Waals surface area (Å²) in [7, 11) is 1.64. The van der Waals surface area contributed by atoms with Crippen molar-refractivity contribution in [3.63, 3.8) is 0 Å². The fraction of sp³-hybridized carbons (Fsp3) is 0.364. The van der Waals surface area contributed by atoms with Gasteiger partial charge in [-0.15, -0.1) is 0 Å². The largest absolute Gasteiger partial charge is 0.496 e. The minimum atomic E-state index is 0.304. The molecule has 14 heavy (non-hydrogen) atoms. The third-order valence-corrected chi connectivity index (χ3v) is 2.99. The minimum absolute atomic E-state index is 0.304. The van der Waals surface area contributed by atoms with Crippen molar-refractivity contribution in [1.82, 2.24) is 0 Å². The van der Waals surface area contributed by atoms with Crippen molar-refractivity contribution in [2.24, 2.45) is 0 Å². The molecule has 2 nitrogen and oxygen atoms in total. The van der Waals surface area contributed by atoms with Gasteiger partial charge in [0.25, 0.3) is 0 Å². The Morgan fingerprint density at radius 3 is 2.86 bits per heavy atom. The second-order valence-electron chi connectivity index (χ2n) is 3.46. The van der Waals surface area contributed by atoms with Crippen molar-refractivity contribution in [1.29, 1.82) is 0 Å². The van der Waals surface area contributed by atoms with Crippen LogP contribution in [0.3, 0.4) is 0 Å². The molecule has 0 heterocycles. The standard InChI is InChI=1S/C11H11BrO2/c1-14-11-5-8(12)4-7-2-3-9(13)6-10(7)11/h4-5H,2-3,6H2,1H3. The van der Waals surface area contributed by atoms with Crippen molar-refractivity contribution in [2.75, 3.05) is 7.11 Å². The van der Waals surface area contributed by atoms with Gasteiger partial charge in [-0.05, 0) is 24.1 Å². The highest BCUT2D eigenvalue weighted by atomic mass is 79.9. The van der Waals surface area contributed by atoms with E-state index in [0.717, 1.165) is 22.2 Å². The molecule has 0 bridgehead atoms.